The minimum absolute atomic E-state index is 0.0629. The van der Waals surface area contributed by atoms with Crippen LogP contribution in [0.1, 0.15) is 30.9 Å². The molecule has 1 rings (SSSR count). The molecule has 0 aliphatic carbocycles. The van der Waals surface area contributed by atoms with Crippen molar-refractivity contribution in [3.63, 3.8) is 0 Å². The average molecular weight is 310 g/mol. The van der Waals surface area contributed by atoms with E-state index in [0.29, 0.717) is 12.4 Å². The first-order valence-electron chi connectivity index (χ1n) is 6.85. The molecule has 0 atom stereocenters. The fourth-order valence-corrected chi connectivity index (χ4v) is 2.25. The number of methoxy groups -OCH3 is 1. The lowest BCUT2D eigenvalue weighted by molar-refractivity contribution is -0.139. The number of nitrogens with one attached hydrogen (secondary N) is 1. The number of carbonyl (C=O) groups is 1. The summed E-state index contributed by atoms with van der Waals surface area (Å²) in [6, 6.07) is 5.64. The van der Waals surface area contributed by atoms with E-state index in [4.69, 9.17) is 15.9 Å². The zero-order valence-electron chi connectivity index (χ0n) is 12.5. The standard InChI is InChI=1S/C15H22N2O3S/c1-3-4-7-20-13-6-5-11(9-14(18)19-2)8-12(13)10-21-15(16)17/h5-6,8H,3-4,7,9-10H2,1-2H3,(H3,16,17). The first-order chi connectivity index (χ1) is 10.1. The highest BCUT2D eigenvalue weighted by molar-refractivity contribution is 8.13. The van der Waals surface area contributed by atoms with E-state index in [0.717, 1.165) is 29.7 Å². The number of ether oxygens (including phenoxy) is 2. The first kappa shape index (κ1) is 17.4. The number of thioether (sulfide) groups is 1. The van der Waals surface area contributed by atoms with Gasteiger partial charge in [-0.05, 0) is 18.1 Å². The van der Waals surface area contributed by atoms with Crippen LogP contribution in [0.15, 0.2) is 18.2 Å². The van der Waals surface area contributed by atoms with Crippen molar-refractivity contribution in [1.82, 2.24) is 0 Å². The molecule has 0 spiro atoms. The largest absolute Gasteiger partial charge is 0.493 e. The van der Waals surface area contributed by atoms with Crippen LogP contribution >= 0.6 is 11.8 Å². The molecule has 0 aliphatic rings. The summed E-state index contributed by atoms with van der Waals surface area (Å²) in [7, 11) is 1.37. The zero-order valence-corrected chi connectivity index (χ0v) is 13.3. The van der Waals surface area contributed by atoms with E-state index in [2.05, 4.69) is 11.7 Å². The first-order valence-corrected chi connectivity index (χ1v) is 7.83. The zero-order chi connectivity index (χ0) is 15.7. The maximum Gasteiger partial charge on any atom is 0.309 e. The second kappa shape index (κ2) is 9.28. The molecule has 0 heterocycles. The number of rotatable bonds is 8. The number of hydrogen-bond donors (Lipinski definition) is 2. The fraction of sp³-hybridized carbons (Fsp3) is 0.467. The van der Waals surface area contributed by atoms with Gasteiger partial charge in [-0.25, -0.2) is 0 Å². The topological polar surface area (TPSA) is 85.4 Å². The number of hydrogen-bond acceptors (Lipinski definition) is 5. The van der Waals surface area contributed by atoms with E-state index in [9.17, 15) is 4.79 Å². The summed E-state index contributed by atoms with van der Waals surface area (Å²) in [5, 5.41) is 7.37. The smallest absolute Gasteiger partial charge is 0.309 e. The van der Waals surface area contributed by atoms with Crippen LogP contribution in [0.3, 0.4) is 0 Å². The number of nitrogens with two attached hydrogens (primary N) is 1. The van der Waals surface area contributed by atoms with Gasteiger partial charge >= 0.3 is 5.97 Å². The molecule has 0 bridgehead atoms. The second-order valence-electron chi connectivity index (χ2n) is 4.55. The van der Waals surface area contributed by atoms with Crippen LogP contribution in [0.5, 0.6) is 5.75 Å². The Hall–Kier alpha value is -1.69. The lowest BCUT2D eigenvalue weighted by atomic mass is 10.1. The van der Waals surface area contributed by atoms with Crippen LogP contribution < -0.4 is 10.5 Å². The van der Waals surface area contributed by atoms with Gasteiger partial charge in [0.2, 0.25) is 0 Å². The minimum Gasteiger partial charge on any atom is -0.493 e. The van der Waals surface area contributed by atoms with Gasteiger partial charge in [0, 0.05) is 11.3 Å². The monoisotopic (exact) mass is 310 g/mol. The predicted octanol–water partition coefficient (Wildman–Crippen LogP) is 2.71. The summed E-state index contributed by atoms with van der Waals surface area (Å²) in [6.07, 6.45) is 2.28. The van der Waals surface area contributed by atoms with Gasteiger partial charge in [0.05, 0.1) is 20.1 Å². The van der Waals surface area contributed by atoms with Crippen molar-refractivity contribution in [2.45, 2.75) is 31.9 Å². The van der Waals surface area contributed by atoms with Gasteiger partial charge in [0.25, 0.3) is 0 Å². The molecule has 21 heavy (non-hydrogen) atoms. The molecule has 0 aromatic heterocycles. The molecule has 116 valence electrons. The molecule has 3 N–H and O–H groups in total. The van der Waals surface area contributed by atoms with E-state index >= 15 is 0 Å². The van der Waals surface area contributed by atoms with Crippen LogP contribution in [0.2, 0.25) is 0 Å². The Kier molecular flexibility index (Phi) is 7.68. The fourth-order valence-electron chi connectivity index (χ4n) is 1.72. The highest BCUT2D eigenvalue weighted by Crippen LogP contribution is 2.25. The minimum atomic E-state index is -0.278. The Labute approximate surface area is 129 Å². The summed E-state index contributed by atoms with van der Waals surface area (Å²) in [5.41, 5.74) is 7.19. The Morgan fingerprint density at radius 2 is 2.19 bits per heavy atom. The summed E-state index contributed by atoms with van der Waals surface area (Å²) in [5.74, 6) is 1.05. The van der Waals surface area contributed by atoms with Crippen molar-refractivity contribution in [1.29, 1.82) is 5.41 Å². The summed E-state index contributed by atoms with van der Waals surface area (Å²) >= 11 is 1.24. The molecule has 1 aromatic carbocycles. The van der Waals surface area contributed by atoms with Gasteiger partial charge in [-0.1, -0.05) is 37.2 Å². The molecular formula is C15H22N2O3S. The molecule has 0 radical (unpaired) electrons. The van der Waals surface area contributed by atoms with Crippen LogP contribution in [-0.4, -0.2) is 24.9 Å². The van der Waals surface area contributed by atoms with Crippen molar-refractivity contribution in [2.24, 2.45) is 5.73 Å². The molecule has 1 aromatic rings. The molecule has 0 saturated carbocycles. The number of esters is 1. The van der Waals surface area contributed by atoms with Gasteiger partial charge in [0.1, 0.15) is 5.75 Å². The van der Waals surface area contributed by atoms with E-state index in [-0.39, 0.29) is 17.6 Å². The van der Waals surface area contributed by atoms with Crippen molar-refractivity contribution < 1.29 is 14.3 Å². The molecule has 0 saturated heterocycles. The highest BCUT2D eigenvalue weighted by Gasteiger charge is 2.09. The van der Waals surface area contributed by atoms with Gasteiger partial charge in [0.15, 0.2) is 5.17 Å². The summed E-state index contributed by atoms with van der Waals surface area (Å²) in [4.78, 5) is 11.3. The molecule has 5 nitrogen and oxygen atoms in total. The molecule has 0 unspecified atom stereocenters. The predicted molar refractivity (Wildman–Crippen MR) is 85.8 cm³/mol. The number of carbonyl (C=O) groups excluding carboxylic acids is 1. The van der Waals surface area contributed by atoms with E-state index in [1.54, 1.807) is 0 Å². The number of amidine groups is 1. The van der Waals surface area contributed by atoms with Crippen molar-refractivity contribution >= 4 is 22.9 Å². The van der Waals surface area contributed by atoms with E-state index < -0.39 is 0 Å². The van der Waals surface area contributed by atoms with E-state index in [1.165, 1.54) is 18.9 Å². The van der Waals surface area contributed by atoms with Gasteiger partial charge < -0.3 is 15.2 Å². The molecule has 0 aliphatic heterocycles. The van der Waals surface area contributed by atoms with Crippen molar-refractivity contribution in [2.75, 3.05) is 13.7 Å². The molecule has 0 amide bonds. The van der Waals surface area contributed by atoms with Gasteiger partial charge in [-0.3, -0.25) is 10.2 Å². The number of unbranched alkanes of at least 4 members (excludes halogenated alkanes) is 1. The lowest BCUT2D eigenvalue weighted by Gasteiger charge is -2.12. The Balaban J connectivity index is 2.84. The molecule has 6 heteroatoms. The third-order valence-electron chi connectivity index (χ3n) is 2.84. The Bertz CT molecular complexity index is 492. The third-order valence-corrected chi connectivity index (χ3v) is 3.61. The number of benzene rings is 1. The highest BCUT2D eigenvalue weighted by atomic mass is 32.2. The Morgan fingerprint density at radius 1 is 1.43 bits per heavy atom. The third kappa shape index (κ3) is 6.53. The van der Waals surface area contributed by atoms with Crippen LogP contribution in [0.25, 0.3) is 0 Å². The maximum atomic E-state index is 11.3. The van der Waals surface area contributed by atoms with E-state index in [1.807, 2.05) is 18.2 Å². The SMILES string of the molecule is CCCCOc1ccc(CC(=O)OC)cc1CSC(=N)N. The Morgan fingerprint density at radius 3 is 2.81 bits per heavy atom. The molecular weight excluding hydrogens is 288 g/mol. The van der Waals surface area contributed by atoms with Crippen LogP contribution in [0.4, 0.5) is 0 Å². The van der Waals surface area contributed by atoms with Crippen molar-refractivity contribution in [3.8, 4) is 5.75 Å². The average Bonchev–Trinajstić information content (AvgIpc) is 2.46. The summed E-state index contributed by atoms with van der Waals surface area (Å²) in [6.45, 7) is 2.76. The normalized spacial score (nSPS) is 10.2. The van der Waals surface area contributed by atoms with Crippen LogP contribution in [0, 0.1) is 5.41 Å². The van der Waals surface area contributed by atoms with Crippen molar-refractivity contribution in [3.05, 3.63) is 29.3 Å². The molecule has 0 fully saturated rings. The van der Waals surface area contributed by atoms with Crippen LogP contribution in [-0.2, 0) is 21.7 Å². The quantitative estimate of drug-likeness (QED) is 0.334. The van der Waals surface area contributed by atoms with Gasteiger partial charge in [-0.15, -0.1) is 0 Å². The van der Waals surface area contributed by atoms with Gasteiger partial charge in [-0.2, -0.15) is 0 Å². The summed E-state index contributed by atoms with van der Waals surface area (Å²) < 4.78 is 10.4. The maximum absolute atomic E-state index is 11.3. The second-order valence-corrected chi connectivity index (χ2v) is 5.57. The lowest BCUT2D eigenvalue weighted by Crippen LogP contribution is -2.07.